The van der Waals surface area contributed by atoms with E-state index in [9.17, 15) is 9.50 Å². The Bertz CT molecular complexity index is 363. The largest absolute Gasteiger partial charge is 0.389 e. The average molecular weight is 285 g/mol. The van der Waals surface area contributed by atoms with Crippen molar-refractivity contribution >= 4 is 5.69 Å². The number of halogens is 1. The van der Waals surface area contributed by atoms with Gasteiger partial charge in [-0.25, -0.2) is 4.39 Å². The third kappa shape index (κ3) is 7.43. The van der Waals surface area contributed by atoms with Crippen molar-refractivity contribution in [3.8, 4) is 0 Å². The van der Waals surface area contributed by atoms with Crippen molar-refractivity contribution in [3.05, 3.63) is 30.1 Å². The van der Waals surface area contributed by atoms with Crippen LogP contribution in [0, 0.1) is 5.82 Å². The standard InChI is InChI=1S/C15H24FNO3/c1-2-3-8-19-9-10-20-12-13(18)11-17-15-7-5-4-6-14(15)16/h4-7,13,17-18H,2-3,8-12H2,1H3. The lowest BCUT2D eigenvalue weighted by Crippen LogP contribution is -2.26. The SMILES string of the molecule is CCCCOCCOCC(O)CNc1ccccc1F. The van der Waals surface area contributed by atoms with Crippen molar-refractivity contribution in [2.24, 2.45) is 0 Å². The summed E-state index contributed by atoms with van der Waals surface area (Å²) in [5.74, 6) is -0.329. The van der Waals surface area contributed by atoms with Gasteiger partial charge in [-0.05, 0) is 18.6 Å². The van der Waals surface area contributed by atoms with Gasteiger partial charge in [0.1, 0.15) is 5.82 Å². The quantitative estimate of drug-likeness (QED) is 0.613. The molecular weight excluding hydrogens is 261 g/mol. The highest BCUT2D eigenvalue weighted by molar-refractivity contribution is 5.44. The van der Waals surface area contributed by atoms with Crippen LogP contribution in [0.3, 0.4) is 0 Å². The molecular formula is C15H24FNO3. The Morgan fingerprint density at radius 1 is 1.20 bits per heavy atom. The van der Waals surface area contributed by atoms with Crippen LogP contribution in [0.25, 0.3) is 0 Å². The molecule has 20 heavy (non-hydrogen) atoms. The summed E-state index contributed by atoms with van der Waals surface area (Å²) in [7, 11) is 0. The van der Waals surface area contributed by atoms with Gasteiger partial charge in [0.2, 0.25) is 0 Å². The van der Waals surface area contributed by atoms with E-state index in [0.29, 0.717) is 18.9 Å². The van der Waals surface area contributed by atoms with Crippen molar-refractivity contribution in [3.63, 3.8) is 0 Å². The first-order chi connectivity index (χ1) is 9.74. The number of aliphatic hydroxyl groups excluding tert-OH is 1. The number of anilines is 1. The second-order valence-electron chi connectivity index (χ2n) is 4.56. The highest BCUT2D eigenvalue weighted by Gasteiger charge is 2.06. The monoisotopic (exact) mass is 285 g/mol. The molecule has 5 heteroatoms. The van der Waals surface area contributed by atoms with Gasteiger partial charge in [0.05, 0.1) is 31.6 Å². The van der Waals surface area contributed by atoms with E-state index in [0.717, 1.165) is 19.4 Å². The molecule has 0 heterocycles. The van der Waals surface area contributed by atoms with Crippen LogP contribution in [-0.2, 0) is 9.47 Å². The molecule has 0 spiro atoms. The van der Waals surface area contributed by atoms with E-state index >= 15 is 0 Å². The molecule has 114 valence electrons. The van der Waals surface area contributed by atoms with Gasteiger partial charge < -0.3 is 19.9 Å². The van der Waals surface area contributed by atoms with Gasteiger partial charge in [-0.2, -0.15) is 0 Å². The van der Waals surface area contributed by atoms with Crippen LogP contribution in [0.15, 0.2) is 24.3 Å². The number of hydrogen-bond acceptors (Lipinski definition) is 4. The minimum absolute atomic E-state index is 0.207. The minimum Gasteiger partial charge on any atom is -0.389 e. The number of ether oxygens (including phenoxy) is 2. The van der Waals surface area contributed by atoms with E-state index in [2.05, 4.69) is 12.2 Å². The smallest absolute Gasteiger partial charge is 0.146 e. The van der Waals surface area contributed by atoms with E-state index in [1.165, 1.54) is 6.07 Å². The first-order valence-corrected chi connectivity index (χ1v) is 7.06. The second kappa shape index (κ2) is 10.6. The average Bonchev–Trinajstić information content (AvgIpc) is 2.45. The fraction of sp³-hybridized carbons (Fsp3) is 0.600. The minimum atomic E-state index is -0.676. The zero-order chi connectivity index (χ0) is 14.6. The molecule has 2 N–H and O–H groups in total. The van der Waals surface area contributed by atoms with Gasteiger partial charge in [-0.1, -0.05) is 25.5 Å². The molecule has 1 aromatic carbocycles. The van der Waals surface area contributed by atoms with Crippen molar-refractivity contribution in [1.82, 2.24) is 0 Å². The predicted octanol–water partition coefficient (Wildman–Crippen LogP) is 2.43. The van der Waals surface area contributed by atoms with Crippen molar-refractivity contribution in [2.75, 3.05) is 38.3 Å². The van der Waals surface area contributed by atoms with Gasteiger partial charge >= 0.3 is 0 Å². The van der Waals surface area contributed by atoms with E-state index in [-0.39, 0.29) is 19.0 Å². The van der Waals surface area contributed by atoms with Crippen LogP contribution < -0.4 is 5.32 Å². The van der Waals surface area contributed by atoms with E-state index in [4.69, 9.17) is 9.47 Å². The van der Waals surface area contributed by atoms with Gasteiger partial charge in [-0.3, -0.25) is 0 Å². The van der Waals surface area contributed by atoms with Crippen molar-refractivity contribution < 1.29 is 19.0 Å². The molecule has 1 rings (SSSR count). The highest BCUT2D eigenvalue weighted by Crippen LogP contribution is 2.11. The zero-order valence-electron chi connectivity index (χ0n) is 12.0. The first-order valence-electron chi connectivity index (χ1n) is 7.06. The summed E-state index contributed by atoms with van der Waals surface area (Å²) in [6.45, 7) is 4.31. The molecule has 0 bridgehead atoms. The van der Waals surface area contributed by atoms with Gasteiger partial charge in [0, 0.05) is 13.2 Å². The number of rotatable bonds is 11. The van der Waals surface area contributed by atoms with Crippen molar-refractivity contribution in [1.29, 1.82) is 0 Å². The molecule has 1 aromatic rings. The molecule has 0 aromatic heterocycles. The third-order valence-corrected chi connectivity index (χ3v) is 2.73. The number of unbranched alkanes of at least 4 members (excludes halogenated alkanes) is 1. The van der Waals surface area contributed by atoms with E-state index in [1.807, 2.05) is 0 Å². The van der Waals surface area contributed by atoms with Crippen LogP contribution in [-0.4, -0.2) is 44.2 Å². The Balaban J connectivity index is 2.03. The Morgan fingerprint density at radius 2 is 1.95 bits per heavy atom. The maximum atomic E-state index is 13.3. The van der Waals surface area contributed by atoms with Crippen LogP contribution in [0.4, 0.5) is 10.1 Å². The number of nitrogens with one attached hydrogen (secondary N) is 1. The van der Waals surface area contributed by atoms with Crippen LogP contribution in [0.1, 0.15) is 19.8 Å². The van der Waals surface area contributed by atoms with Gasteiger partial charge in [0.15, 0.2) is 0 Å². The molecule has 0 fully saturated rings. The number of aliphatic hydroxyl groups is 1. The van der Waals surface area contributed by atoms with Gasteiger partial charge in [0.25, 0.3) is 0 Å². The van der Waals surface area contributed by atoms with E-state index < -0.39 is 6.10 Å². The zero-order valence-corrected chi connectivity index (χ0v) is 12.0. The fourth-order valence-corrected chi connectivity index (χ4v) is 1.58. The normalized spacial score (nSPS) is 12.3. The lowest BCUT2D eigenvalue weighted by atomic mass is 10.3. The Labute approximate surface area is 119 Å². The van der Waals surface area contributed by atoms with Gasteiger partial charge in [-0.15, -0.1) is 0 Å². The molecule has 4 nitrogen and oxygen atoms in total. The molecule has 0 aliphatic carbocycles. The third-order valence-electron chi connectivity index (χ3n) is 2.73. The Hall–Kier alpha value is -1.17. The molecule has 1 unspecified atom stereocenters. The Kier molecular flexibility index (Phi) is 8.95. The summed E-state index contributed by atoms with van der Waals surface area (Å²) in [4.78, 5) is 0. The molecule has 0 saturated carbocycles. The van der Waals surface area contributed by atoms with Crippen LogP contribution >= 0.6 is 0 Å². The first kappa shape index (κ1) is 16.9. The molecule has 0 aliphatic heterocycles. The predicted molar refractivity (Wildman–Crippen MR) is 77.4 cm³/mol. The summed E-state index contributed by atoms with van der Waals surface area (Å²) in [5, 5.41) is 12.5. The summed E-state index contributed by atoms with van der Waals surface area (Å²) in [6.07, 6.45) is 1.49. The summed E-state index contributed by atoms with van der Waals surface area (Å²) in [6, 6.07) is 6.36. The number of para-hydroxylation sites is 1. The topological polar surface area (TPSA) is 50.7 Å². The maximum Gasteiger partial charge on any atom is 0.146 e. The van der Waals surface area contributed by atoms with Crippen LogP contribution in [0.5, 0.6) is 0 Å². The molecule has 0 amide bonds. The molecule has 0 saturated heterocycles. The Morgan fingerprint density at radius 3 is 2.70 bits per heavy atom. The lowest BCUT2D eigenvalue weighted by molar-refractivity contribution is 0.00748. The summed E-state index contributed by atoms with van der Waals surface area (Å²) < 4.78 is 23.9. The lowest BCUT2D eigenvalue weighted by Gasteiger charge is -2.13. The summed E-state index contributed by atoms with van der Waals surface area (Å²) in [5.41, 5.74) is 0.384. The maximum absolute atomic E-state index is 13.3. The van der Waals surface area contributed by atoms with Crippen molar-refractivity contribution in [2.45, 2.75) is 25.9 Å². The summed E-state index contributed by atoms with van der Waals surface area (Å²) >= 11 is 0. The van der Waals surface area contributed by atoms with E-state index in [1.54, 1.807) is 18.2 Å². The second-order valence-corrected chi connectivity index (χ2v) is 4.56. The molecule has 0 radical (unpaired) electrons. The van der Waals surface area contributed by atoms with Crippen LogP contribution in [0.2, 0.25) is 0 Å². The molecule has 0 aliphatic rings. The number of hydrogen-bond donors (Lipinski definition) is 2. The highest BCUT2D eigenvalue weighted by atomic mass is 19.1. The fourth-order valence-electron chi connectivity index (χ4n) is 1.58. The molecule has 1 atom stereocenters. The number of benzene rings is 1.